The predicted molar refractivity (Wildman–Crippen MR) is 71.2 cm³/mol. The molecule has 0 radical (unpaired) electrons. The maximum absolute atomic E-state index is 11.4. The third-order valence-corrected chi connectivity index (χ3v) is 3.38. The Morgan fingerprint density at radius 2 is 2.00 bits per heavy atom. The Balaban J connectivity index is 1.90. The van der Waals surface area contributed by atoms with E-state index >= 15 is 0 Å². The lowest BCUT2D eigenvalue weighted by atomic mass is 10.3. The molecule has 2 N–H and O–H groups in total. The van der Waals surface area contributed by atoms with Gasteiger partial charge in [-0.15, -0.1) is 0 Å². The standard InChI is InChI=1S/C13H27N3O/c1-3-12(2)15-13(17)14-8-4-5-9-16-10-6-7-11-16/h12H,3-11H2,1-2H3,(H2,14,15,17). The molecule has 0 aromatic rings. The van der Waals surface area contributed by atoms with E-state index in [4.69, 9.17) is 0 Å². The van der Waals surface area contributed by atoms with Crippen LogP contribution in [0.4, 0.5) is 4.79 Å². The second-order valence-electron chi connectivity index (χ2n) is 4.97. The molecule has 0 spiro atoms. The molecule has 0 aromatic carbocycles. The molecular formula is C13H27N3O. The molecule has 0 aliphatic carbocycles. The zero-order valence-electron chi connectivity index (χ0n) is 11.3. The van der Waals surface area contributed by atoms with Crippen LogP contribution in [0.5, 0.6) is 0 Å². The van der Waals surface area contributed by atoms with E-state index in [0.717, 1.165) is 19.4 Å². The number of carbonyl (C=O) groups excluding carboxylic acids is 1. The quantitative estimate of drug-likeness (QED) is 0.669. The van der Waals surface area contributed by atoms with Gasteiger partial charge in [-0.1, -0.05) is 6.92 Å². The Kier molecular flexibility index (Phi) is 7.01. The van der Waals surface area contributed by atoms with Crippen LogP contribution in [0.25, 0.3) is 0 Å². The molecule has 1 heterocycles. The lowest BCUT2D eigenvalue weighted by Gasteiger charge is -2.15. The summed E-state index contributed by atoms with van der Waals surface area (Å²) in [6, 6.07) is 0.236. The Hall–Kier alpha value is -0.770. The van der Waals surface area contributed by atoms with Gasteiger partial charge in [-0.3, -0.25) is 0 Å². The third-order valence-electron chi connectivity index (χ3n) is 3.38. The minimum Gasteiger partial charge on any atom is -0.338 e. The summed E-state index contributed by atoms with van der Waals surface area (Å²) in [5, 5.41) is 5.81. The molecule has 1 rings (SSSR count). The van der Waals surface area contributed by atoms with Crippen molar-refractivity contribution in [2.45, 2.75) is 52.0 Å². The number of nitrogens with zero attached hydrogens (tertiary/aromatic N) is 1. The SMILES string of the molecule is CCC(C)NC(=O)NCCCCN1CCCC1. The first-order valence-corrected chi connectivity index (χ1v) is 6.99. The van der Waals surface area contributed by atoms with E-state index in [-0.39, 0.29) is 12.1 Å². The van der Waals surface area contributed by atoms with E-state index in [1.165, 1.54) is 38.9 Å². The number of unbranched alkanes of at least 4 members (excludes halogenated alkanes) is 1. The van der Waals surface area contributed by atoms with Gasteiger partial charge in [0.05, 0.1) is 0 Å². The molecule has 0 bridgehead atoms. The third kappa shape index (κ3) is 6.51. The van der Waals surface area contributed by atoms with Gasteiger partial charge in [0.1, 0.15) is 0 Å². The van der Waals surface area contributed by atoms with Gasteiger partial charge in [-0.2, -0.15) is 0 Å². The second-order valence-corrected chi connectivity index (χ2v) is 4.97. The van der Waals surface area contributed by atoms with Gasteiger partial charge < -0.3 is 15.5 Å². The Morgan fingerprint density at radius 3 is 2.65 bits per heavy atom. The van der Waals surface area contributed by atoms with Crippen LogP contribution >= 0.6 is 0 Å². The summed E-state index contributed by atoms with van der Waals surface area (Å²) in [7, 11) is 0. The molecule has 0 aromatic heterocycles. The van der Waals surface area contributed by atoms with Crippen LogP contribution in [0.3, 0.4) is 0 Å². The molecule has 1 aliphatic heterocycles. The van der Waals surface area contributed by atoms with Crippen LogP contribution in [-0.2, 0) is 0 Å². The van der Waals surface area contributed by atoms with E-state index in [2.05, 4.69) is 22.5 Å². The number of hydrogen-bond acceptors (Lipinski definition) is 2. The van der Waals surface area contributed by atoms with Gasteiger partial charge >= 0.3 is 6.03 Å². The van der Waals surface area contributed by atoms with E-state index in [0.29, 0.717) is 0 Å². The zero-order valence-corrected chi connectivity index (χ0v) is 11.3. The largest absolute Gasteiger partial charge is 0.338 e. The molecule has 17 heavy (non-hydrogen) atoms. The minimum atomic E-state index is -0.0273. The summed E-state index contributed by atoms with van der Waals surface area (Å²) in [5.74, 6) is 0. The van der Waals surface area contributed by atoms with Crippen LogP contribution in [0, 0.1) is 0 Å². The molecule has 1 aliphatic rings. The van der Waals surface area contributed by atoms with E-state index < -0.39 is 0 Å². The van der Waals surface area contributed by atoms with Crippen molar-refractivity contribution >= 4 is 6.03 Å². The van der Waals surface area contributed by atoms with Crippen LogP contribution in [0.2, 0.25) is 0 Å². The van der Waals surface area contributed by atoms with Crippen LogP contribution in [0.15, 0.2) is 0 Å². The monoisotopic (exact) mass is 241 g/mol. The van der Waals surface area contributed by atoms with Gasteiger partial charge in [0.15, 0.2) is 0 Å². The summed E-state index contributed by atoms with van der Waals surface area (Å²) >= 11 is 0. The van der Waals surface area contributed by atoms with Crippen molar-refractivity contribution in [2.24, 2.45) is 0 Å². The molecule has 4 heteroatoms. The van der Waals surface area contributed by atoms with Crippen LogP contribution in [-0.4, -0.2) is 43.2 Å². The fraction of sp³-hybridized carbons (Fsp3) is 0.923. The molecule has 4 nitrogen and oxygen atoms in total. The highest BCUT2D eigenvalue weighted by Crippen LogP contribution is 2.07. The average Bonchev–Trinajstić information content (AvgIpc) is 2.81. The summed E-state index contributed by atoms with van der Waals surface area (Å²) in [5.41, 5.74) is 0. The summed E-state index contributed by atoms with van der Waals surface area (Å²) in [6.07, 6.45) is 5.95. The minimum absolute atomic E-state index is 0.0273. The number of likely N-dealkylation sites (tertiary alicyclic amines) is 1. The van der Waals surface area contributed by atoms with Crippen molar-refractivity contribution in [2.75, 3.05) is 26.2 Å². The first-order chi connectivity index (χ1) is 8.22. The normalized spacial score (nSPS) is 18.0. The molecule has 2 amide bonds. The number of amides is 2. The van der Waals surface area contributed by atoms with E-state index in [9.17, 15) is 4.79 Å². The van der Waals surface area contributed by atoms with E-state index in [1.54, 1.807) is 0 Å². The predicted octanol–water partition coefficient (Wildman–Crippen LogP) is 1.96. The number of urea groups is 1. The van der Waals surface area contributed by atoms with Crippen molar-refractivity contribution in [3.8, 4) is 0 Å². The average molecular weight is 241 g/mol. The lowest BCUT2D eigenvalue weighted by molar-refractivity contribution is 0.237. The highest BCUT2D eigenvalue weighted by Gasteiger charge is 2.10. The molecule has 1 unspecified atom stereocenters. The zero-order chi connectivity index (χ0) is 12.5. The van der Waals surface area contributed by atoms with Gasteiger partial charge in [0.2, 0.25) is 0 Å². The summed E-state index contributed by atoms with van der Waals surface area (Å²) in [6.45, 7) is 8.60. The molecule has 1 saturated heterocycles. The molecule has 1 fully saturated rings. The van der Waals surface area contributed by atoms with Crippen molar-refractivity contribution < 1.29 is 4.79 Å². The number of carbonyl (C=O) groups is 1. The first kappa shape index (κ1) is 14.3. The maximum atomic E-state index is 11.4. The Morgan fingerprint density at radius 1 is 1.29 bits per heavy atom. The van der Waals surface area contributed by atoms with E-state index in [1.807, 2.05) is 6.92 Å². The Bertz CT molecular complexity index is 215. The van der Waals surface area contributed by atoms with Gasteiger partial charge in [-0.05, 0) is 58.7 Å². The Labute approximate surface area is 105 Å². The number of rotatable bonds is 7. The molecule has 100 valence electrons. The lowest BCUT2D eigenvalue weighted by Crippen LogP contribution is -2.40. The van der Waals surface area contributed by atoms with Crippen molar-refractivity contribution in [1.82, 2.24) is 15.5 Å². The molecular weight excluding hydrogens is 214 g/mol. The van der Waals surface area contributed by atoms with Gasteiger partial charge in [-0.25, -0.2) is 4.79 Å². The maximum Gasteiger partial charge on any atom is 0.314 e. The van der Waals surface area contributed by atoms with Crippen molar-refractivity contribution in [3.63, 3.8) is 0 Å². The van der Waals surface area contributed by atoms with Gasteiger partial charge in [0.25, 0.3) is 0 Å². The van der Waals surface area contributed by atoms with Crippen LogP contribution < -0.4 is 10.6 Å². The van der Waals surface area contributed by atoms with Crippen molar-refractivity contribution in [1.29, 1.82) is 0 Å². The number of nitrogens with one attached hydrogen (secondary N) is 2. The summed E-state index contributed by atoms with van der Waals surface area (Å²) < 4.78 is 0. The first-order valence-electron chi connectivity index (χ1n) is 6.99. The summed E-state index contributed by atoms with van der Waals surface area (Å²) in [4.78, 5) is 13.9. The van der Waals surface area contributed by atoms with Crippen LogP contribution in [0.1, 0.15) is 46.0 Å². The topological polar surface area (TPSA) is 44.4 Å². The second kappa shape index (κ2) is 8.34. The highest BCUT2D eigenvalue weighted by atomic mass is 16.2. The van der Waals surface area contributed by atoms with Gasteiger partial charge in [0, 0.05) is 12.6 Å². The highest BCUT2D eigenvalue weighted by molar-refractivity contribution is 5.74. The molecule has 1 atom stereocenters. The fourth-order valence-corrected chi connectivity index (χ4v) is 2.05. The van der Waals surface area contributed by atoms with Crippen molar-refractivity contribution in [3.05, 3.63) is 0 Å². The smallest absolute Gasteiger partial charge is 0.314 e. The fourth-order valence-electron chi connectivity index (χ4n) is 2.05. The number of hydrogen-bond donors (Lipinski definition) is 2. The molecule has 0 saturated carbocycles.